The second kappa shape index (κ2) is 9.98. The van der Waals surface area contributed by atoms with Gasteiger partial charge >= 0.3 is 0 Å². The molecule has 3 aliphatic heterocycles. The first-order chi connectivity index (χ1) is 15.3. The third kappa shape index (κ3) is 4.51. The van der Waals surface area contributed by atoms with E-state index in [2.05, 4.69) is 30.5 Å². The number of hydrogen-bond donors (Lipinski definition) is 0. The zero-order valence-electron chi connectivity index (χ0n) is 19.2. The summed E-state index contributed by atoms with van der Waals surface area (Å²) >= 11 is 0. The van der Waals surface area contributed by atoms with Crippen molar-refractivity contribution < 1.29 is 23.9 Å². The minimum absolute atomic E-state index is 0.0471. The van der Waals surface area contributed by atoms with Crippen molar-refractivity contribution in [1.29, 1.82) is 0 Å². The normalized spacial score (nSPS) is 29.5. The fourth-order valence-electron chi connectivity index (χ4n) is 4.90. The lowest BCUT2D eigenvalue weighted by molar-refractivity contribution is -0.145. The first-order valence-corrected chi connectivity index (χ1v) is 11.6. The fourth-order valence-corrected chi connectivity index (χ4v) is 4.90. The lowest BCUT2D eigenvalue weighted by Crippen LogP contribution is -2.41. The summed E-state index contributed by atoms with van der Waals surface area (Å²) in [5.74, 6) is -1.85. The van der Waals surface area contributed by atoms with Gasteiger partial charge in [-0.1, -0.05) is 32.4 Å². The van der Waals surface area contributed by atoms with Gasteiger partial charge in [-0.2, -0.15) is 0 Å². The number of imide groups is 1. The van der Waals surface area contributed by atoms with Crippen LogP contribution >= 0.6 is 0 Å². The summed E-state index contributed by atoms with van der Waals surface area (Å²) in [7, 11) is 0. The Bertz CT molecular complexity index is 864. The molecule has 0 aromatic heterocycles. The third-order valence-corrected chi connectivity index (χ3v) is 6.96. The van der Waals surface area contributed by atoms with Gasteiger partial charge in [0.1, 0.15) is 5.60 Å². The Labute approximate surface area is 189 Å². The lowest BCUT2D eigenvalue weighted by atomic mass is 9.75. The van der Waals surface area contributed by atoms with E-state index in [1.165, 1.54) is 4.90 Å². The zero-order valence-corrected chi connectivity index (χ0v) is 19.2. The van der Waals surface area contributed by atoms with E-state index in [1.54, 1.807) is 12.2 Å². The average molecular weight is 444 g/mol. The molecule has 8 heteroatoms. The topological polar surface area (TPSA) is 105 Å². The van der Waals surface area contributed by atoms with E-state index in [1.807, 2.05) is 6.92 Å². The fraction of sp³-hybridized carbons (Fsp3) is 0.667. The van der Waals surface area contributed by atoms with Crippen molar-refractivity contribution in [2.75, 3.05) is 13.1 Å². The van der Waals surface area contributed by atoms with Crippen LogP contribution in [0.15, 0.2) is 22.1 Å². The third-order valence-electron chi connectivity index (χ3n) is 6.96. The molecule has 5 atom stereocenters. The number of ether oxygens (including phenoxy) is 1. The summed E-state index contributed by atoms with van der Waals surface area (Å²) in [5, 5.41) is 0. The number of likely N-dealkylation sites (tertiary alicyclic amines) is 1. The molecule has 3 heterocycles. The summed E-state index contributed by atoms with van der Waals surface area (Å²) in [6, 6.07) is 0. The molecule has 2 fully saturated rings. The number of amides is 3. The standard InChI is InChI=1S/C24H33N3O5/c1-5-15(3)7-8-16(26-6-2)17(28)11-14-27-22(30)20-18-9-12-24(32-18,21(20)23(27)31)13-10-19(29)25-4/h9,12,15,18,20-21H,4-8,10-11,13-14H2,1-3H3/t15?,18-,20?,21?,24-/m1/s1. The second-order valence-electron chi connectivity index (χ2n) is 8.93. The molecule has 2 bridgehead atoms. The molecular formula is C24H33N3O5. The number of hydrogen-bond acceptors (Lipinski definition) is 6. The number of Topliss-reactive ketones (excluding diaryl/α,β-unsaturated/α-hetero) is 1. The number of carbonyl (C=O) groups is 4. The quantitative estimate of drug-likeness (QED) is 0.262. The molecule has 2 saturated heterocycles. The van der Waals surface area contributed by atoms with Gasteiger partial charge < -0.3 is 4.74 Å². The molecule has 0 aliphatic carbocycles. The highest BCUT2D eigenvalue weighted by Gasteiger charge is 2.67. The summed E-state index contributed by atoms with van der Waals surface area (Å²) < 4.78 is 5.99. The molecule has 32 heavy (non-hydrogen) atoms. The number of fused-ring (bicyclic) bond motifs is 5. The number of aliphatic imine (C=N–C) groups is 2. The smallest absolute Gasteiger partial charge is 0.245 e. The molecule has 8 nitrogen and oxygen atoms in total. The second-order valence-corrected chi connectivity index (χ2v) is 8.93. The van der Waals surface area contributed by atoms with E-state index in [4.69, 9.17) is 4.74 Å². The van der Waals surface area contributed by atoms with E-state index >= 15 is 0 Å². The Kier molecular flexibility index (Phi) is 7.54. The van der Waals surface area contributed by atoms with Gasteiger partial charge in [0.2, 0.25) is 17.7 Å². The maximum Gasteiger partial charge on any atom is 0.245 e. The van der Waals surface area contributed by atoms with Crippen molar-refractivity contribution in [2.45, 2.75) is 71.0 Å². The monoisotopic (exact) mass is 443 g/mol. The first-order valence-electron chi connectivity index (χ1n) is 11.6. The predicted molar refractivity (Wildman–Crippen MR) is 121 cm³/mol. The number of rotatable bonds is 12. The van der Waals surface area contributed by atoms with E-state index in [9.17, 15) is 19.2 Å². The van der Waals surface area contributed by atoms with Gasteiger partial charge in [0.25, 0.3) is 0 Å². The van der Waals surface area contributed by atoms with Gasteiger partial charge in [-0.15, -0.1) is 0 Å². The molecule has 0 radical (unpaired) electrons. The Balaban J connectivity index is 1.65. The summed E-state index contributed by atoms with van der Waals surface area (Å²) in [5.41, 5.74) is -0.421. The number of carbonyl (C=O) groups excluding carboxylic acids is 4. The maximum absolute atomic E-state index is 13.2. The van der Waals surface area contributed by atoms with Gasteiger partial charge in [0, 0.05) is 25.9 Å². The van der Waals surface area contributed by atoms with E-state index in [-0.39, 0.29) is 49.3 Å². The predicted octanol–water partition coefficient (Wildman–Crippen LogP) is 2.55. The minimum atomic E-state index is -0.966. The van der Waals surface area contributed by atoms with Crippen LogP contribution < -0.4 is 0 Å². The minimum Gasteiger partial charge on any atom is -0.362 e. The van der Waals surface area contributed by atoms with Gasteiger partial charge in [0.05, 0.1) is 23.7 Å². The molecule has 0 saturated carbocycles. The van der Waals surface area contributed by atoms with Crippen molar-refractivity contribution in [3.8, 4) is 0 Å². The van der Waals surface area contributed by atoms with Gasteiger partial charge in [0.15, 0.2) is 5.78 Å². The molecule has 3 unspecified atom stereocenters. The highest BCUT2D eigenvalue weighted by molar-refractivity contribution is 6.40. The Morgan fingerprint density at radius 3 is 2.62 bits per heavy atom. The summed E-state index contributed by atoms with van der Waals surface area (Å²) in [6.45, 7) is 9.96. The number of ketones is 1. The van der Waals surface area contributed by atoms with Crippen molar-refractivity contribution in [3.05, 3.63) is 12.2 Å². The molecule has 3 amide bonds. The molecule has 174 valence electrons. The Morgan fingerprint density at radius 2 is 1.97 bits per heavy atom. The SMILES string of the molecule is C=NC(=O)CC[C@@]12C=C[C@@H](O1)C1C(=O)N(CCC(=O)C(CCC(C)CC)=NCC)C(=O)C12. The van der Waals surface area contributed by atoms with Crippen LogP contribution in [0.4, 0.5) is 0 Å². The van der Waals surface area contributed by atoms with Gasteiger partial charge in [-0.25, -0.2) is 4.99 Å². The van der Waals surface area contributed by atoms with Crippen molar-refractivity contribution >= 4 is 35.9 Å². The lowest BCUT2D eigenvalue weighted by Gasteiger charge is -2.28. The van der Waals surface area contributed by atoms with Crippen LogP contribution in [0.1, 0.15) is 59.3 Å². The van der Waals surface area contributed by atoms with Gasteiger partial charge in [-0.3, -0.25) is 29.1 Å². The molecule has 3 aliphatic rings. The zero-order chi connectivity index (χ0) is 23.5. The highest BCUT2D eigenvalue weighted by Crippen LogP contribution is 2.53. The number of nitrogens with zero attached hydrogens (tertiary/aromatic N) is 3. The average Bonchev–Trinajstić information content (AvgIpc) is 3.43. The summed E-state index contributed by atoms with van der Waals surface area (Å²) in [6.07, 6.45) is 6.11. The van der Waals surface area contributed by atoms with Crippen molar-refractivity contribution in [3.63, 3.8) is 0 Å². The Morgan fingerprint density at radius 1 is 1.22 bits per heavy atom. The van der Waals surface area contributed by atoms with Crippen LogP contribution in [0.2, 0.25) is 0 Å². The van der Waals surface area contributed by atoms with Gasteiger partial charge in [-0.05, 0) is 38.8 Å². The molecule has 0 aromatic carbocycles. The highest BCUT2D eigenvalue weighted by atomic mass is 16.5. The van der Waals surface area contributed by atoms with Crippen LogP contribution in [0.3, 0.4) is 0 Å². The van der Waals surface area contributed by atoms with Crippen LogP contribution in [0.5, 0.6) is 0 Å². The Hall–Kier alpha value is -2.48. The van der Waals surface area contributed by atoms with E-state index < -0.39 is 23.5 Å². The molecule has 3 rings (SSSR count). The summed E-state index contributed by atoms with van der Waals surface area (Å²) in [4.78, 5) is 59.6. The maximum atomic E-state index is 13.2. The van der Waals surface area contributed by atoms with E-state index in [0.29, 0.717) is 24.6 Å². The van der Waals surface area contributed by atoms with Crippen LogP contribution in [-0.4, -0.2) is 65.6 Å². The van der Waals surface area contributed by atoms with Crippen LogP contribution in [-0.2, 0) is 23.9 Å². The van der Waals surface area contributed by atoms with Crippen LogP contribution in [0, 0.1) is 17.8 Å². The largest absolute Gasteiger partial charge is 0.362 e. The first kappa shape index (κ1) is 24.2. The van der Waals surface area contributed by atoms with Crippen molar-refractivity contribution in [1.82, 2.24) is 4.90 Å². The molecular weight excluding hydrogens is 410 g/mol. The molecule has 0 spiro atoms. The molecule has 0 aromatic rings. The van der Waals surface area contributed by atoms with E-state index in [0.717, 1.165) is 12.8 Å². The van der Waals surface area contributed by atoms with Crippen molar-refractivity contribution in [2.24, 2.45) is 27.7 Å². The van der Waals surface area contributed by atoms with Crippen LogP contribution in [0.25, 0.3) is 0 Å². The molecule has 0 N–H and O–H groups in total.